The smallest absolute Gasteiger partial charge is 0.119 e. The second-order valence-corrected chi connectivity index (χ2v) is 5.41. The lowest BCUT2D eigenvalue weighted by atomic mass is 10.2. The Labute approximate surface area is 121 Å². The Kier molecular flexibility index (Phi) is 5.51. The van der Waals surface area contributed by atoms with Gasteiger partial charge < -0.3 is 9.30 Å². The molecule has 0 aliphatic carbocycles. The minimum atomic E-state index is 0.796. The number of aromatic nitrogens is 2. The molecular weight excluding hydrogens is 339 g/mol. The molecule has 0 saturated carbocycles. The van der Waals surface area contributed by atoms with Gasteiger partial charge in [-0.25, -0.2) is 4.98 Å². The number of rotatable bonds is 7. The summed E-state index contributed by atoms with van der Waals surface area (Å²) < 4.78 is 9.02. The fourth-order valence-electron chi connectivity index (χ4n) is 1.71. The van der Waals surface area contributed by atoms with Crippen molar-refractivity contribution in [3.05, 3.63) is 46.6 Å². The summed E-state index contributed by atoms with van der Waals surface area (Å²) >= 11 is 2.29. The molecule has 0 N–H and O–H groups in total. The molecule has 1 aromatic carbocycles. The van der Waals surface area contributed by atoms with E-state index >= 15 is 0 Å². The van der Waals surface area contributed by atoms with E-state index in [0.717, 1.165) is 25.3 Å². The second kappa shape index (κ2) is 7.41. The van der Waals surface area contributed by atoms with Crippen LogP contribution in [0.4, 0.5) is 0 Å². The van der Waals surface area contributed by atoms with Crippen molar-refractivity contribution >= 4 is 22.6 Å². The van der Waals surface area contributed by atoms with Crippen LogP contribution in [0.2, 0.25) is 0 Å². The zero-order valence-electron chi connectivity index (χ0n) is 10.3. The number of ether oxygens (including phenoxy) is 1. The van der Waals surface area contributed by atoms with E-state index in [9.17, 15) is 0 Å². The molecule has 4 heteroatoms. The van der Waals surface area contributed by atoms with Crippen molar-refractivity contribution in [1.29, 1.82) is 0 Å². The van der Waals surface area contributed by atoms with Gasteiger partial charge in [-0.1, -0.05) is 0 Å². The van der Waals surface area contributed by atoms with Crippen LogP contribution in [-0.2, 0) is 6.54 Å². The first-order chi connectivity index (χ1) is 8.84. The Bertz CT molecular complexity index is 439. The lowest BCUT2D eigenvalue weighted by Crippen LogP contribution is -1.99. The number of hydrogen-bond donors (Lipinski definition) is 0. The number of aryl methyl sites for hydroxylation is 1. The molecule has 2 rings (SSSR count). The molecule has 0 atom stereocenters. The summed E-state index contributed by atoms with van der Waals surface area (Å²) in [5.74, 6) is 0.963. The third-order valence-corrected chi connectivity index (χ3v) is 3.42. The molecule has 0 bridgehead atoms. The van der Waals surface area contributed by atoms with Crippen molar-refractivity contribution in [1.82, 2.24) is 9.55 Å². The Morgan fingerprint density at radius 2 is 1.94 bits per heavy atom. The summed E-state index contributed by atoms with van der Waals surface area (Å²) in [6.45, 7) is 1.84. The highest BCUT2D eigenvalue weighted by molar-refractivity contribution is 14.1. The first kappa shape index (κ1) is 13.4. The van der Waals surface area contributed by atoms with Crippen LogP contribution < -0.4 is 4.74 Å². The zero-order chi connectivity index (χ0) is 12.6. The van der Waals surface area contributed by atoms with Gasteiger partial charge in [0.1, 0.15) is 5.75 Å². The maximum atomic E-state index is 5.68. The van der Waals surface area contributed by atoms with Crippen LogP contribution in [0.3, 0.4) is 0 Å². The molecule has 2 aromatic rings. The van der Waals surface area contributed by atoms with E-state index in [2.05, 4.69) is 44.3 Å². The maximum absolute atomic E-state index is 5.68. The molecule has 1 aromatic heterocycles. The largest absolute Gasteiger partial charge is 0.494 e. The summed E-state index contributed by atoms with van der Waals surface area (Å²) in [7, 11) is 0. The monoisotopic (exact) mass is 356 g/mol. The SMILES string of the molecule is Ic1ccc(OCCCCCn2ccnc2)cc1. The van der Waals surface area contributed by atoms with Crippen LogP contribution in [0.25, 0.3) is 0 Å². The third-order valence-electron chi connectivity index (χ3n) is 2.70. The van der Waals surface area contributed by atoms with Crippen molar-refractivity contribution in [2.75, 3.05) is 6.61 Å². The fourth-order valence-corrected chi connectivity index (χ4v) is 2.07. The van der Waals surface area contributed by atoms with Crippen molar-refractivity contribution < 1.29 is 4.74 Å². The first-order valence-corrected chi connectivity index (χ1v) is 7.26. The second-order valence-electron chi connectivity index (χ2n) is 4.16. The van der Waals surface area contributed by atoms with Gasteiger partial charge in [-0.3, -0.25) is 0 Å². The first-order valence-electron chi connectivity index (χ1n) is 6.19. The molecule has 0 saturated heterocycles. The number of unbranched alkanes of at least 4 members (excludes halogenated alkanes) is 2. The molecule has 96 valence electrons. The molecule has 0 radical (unpaired) electrons. The summed E-state index contributed by atoms with van der Waals surface area (Å²) in [6, 6.07) is 8.17. The van der Waals surface area contributed by atoms with E-state index < -0.39 is 0 Å². The lowest BCUT2D eigenvalue weighted by molar-refractivity contribution is 0.304. The molecule has 0 unspecified atom stereocenters. The average molecular weight is 356 g/mol. The topological polar surface area (TPSA) is 27.1 Å². The molecule has 0 aliphatic rings. The Hall–Kier alpha value is -1.04. The van der Waals surface area contributed by atoms with Gasteiger partial charge in [-0.2, -0.15) is 0 Å². The number of nitrogens with zero attached hydrogens (tertiary/aromatic N) is 2. The van der Waals surface area contributed by atoms with Crippen molar-refractivity contribution in [3.8, 4) is 5.75 Å². The van der Waals surface area contributed by atoms with Crippen molar-refractivity contribution in [3.63, 3.8) is 0 Å². The third kappa shape index (κ3) is 4.68. The standard InChI is InChI=1S/C14H17IN2O/c15-13-4-6-14(7-5-13)18-11-3-1-2-9-17-10-8-16-12-17/h4-8,10,12H,1-3,9,11H2. The van der Waals surface area contributed by atoms with Gasteiger partial charge in [0, 0.05) is 22.5 Å². The molecule has 18 heavy (non-hydrogen) atoms. The highest BCUT2D eigenvalue weighted by atomic mass is 127. The van der Waals surface area contributed by atoms with E-state index in [-0.39, 0.29) is 0 Å². The average Bonchev–Trinajstić information content (AvgIpc) is 2.89. The number of benzene rings is 1. The predicted molar refractivity (Wildman–Crippen MR) is 80.7 cm³/mol. The summed E-state index contributed by atoms with van der Waals surface area (Å²) in [5.41, 5.74) is 0. The van der Waals surface area contributed by atoms with Crippen molar-refractivity contribution in [2.45, 2.75) is 25.8 Å². The molecular formula is C14H17IN2O. The normalized spacial score (nSPS) is 10.5. The van der Waals surface area contributed by atoms with E-state index in [0.29, 0.717) is 0 Å². The molecule has 1 heterocycles. The van der Waals surface area contributed by atoms with Gasteiger partial charge in [0.25, 0.3) is 0 Å². The molecule has 0 fully saturated rings. The van der Waals surface area contributed by atoms with Crippen LogP contribution in [0.1, 0.15) is 19.3 Å². The Balaban J connectivity index is 1.55. The maximum Gasteiger partial charge on any atom is 0.119 e. The van der Waals surface area contributed by atoms with Gasteiger partial charge >= 0.3 is 0 Å². The highest BCUT2D eigenvalue weighted by Gasteiger charge is 1.95. The minimum absolute atomic E-state index is 0.796. The molecule has 0 amide bonds. The van der Waals surface area contributed by atoms with Crippen LogP contribution in [0.5, 0.6) is 5.75 Å². The van der Waals surface area contributed by atoms with Crippen LogP contribution >= 0.6 is 22.6 Å². The van der Waals surface area contributed by atoms with Gasteiger partial charge in [0.2, 0.25) is 0 Å². The predicted octanol–water partition coefficient (Wildman–Crippen LogP) is 3.74. The summed E-state index contributed by atoms with van der Waals surface area (Å²) in [6.07, 6.45) is 9.14. The Morgan fingerprint density at radius 3 is 2.67 bits per heavy atom. The van der Waals surface area contributed by atoms with Crippen LogP contribution in [-0.4, -0.2) is 16.2 Å². The van der Waals surface area contributed by atoms with Gasteiger partial charge in [0.15, 0.2) is 0 Å². The Morgan fingerprint density at radius 1 is 1.11 bits per heavy atom. The van der Waals surface area contributed by atoms with Crippen LogP contribution in [0.15, 0.2) is 43.0 Å². The lowest BCUT2D eigenvalue weighted by Gasteiger charge is -2.06. The van der Waals surface area contributed by atoms with E-state index in [1.54, 1.807) is 0 Å². The van der Waals surface area contributed by atoms with Gasteiger partial charge in [0.05, 0.1) is 12.9 Å². The van der Waals surface area contributed by atoms with Crippen molar-refractivity contribution in [2.24, 2.45) is 0 Å². The highest BCUT2D eigenvalue weighted by Crippen LogP contribution is 2.14. The summed E-state index contributed by atoms with van der Waals surface area (Å²) in [4.78, 5) is 4.02. The van der Waals surface area contributed by atoms with Crippen LogP contribution in [0, 0.1) is 3.57 Å². The van der Waals surface area contributed by atoms with Gasteiger partial charge in [-0.15, -0.1) is 0 Å². The zero-order valence-corrected chi connectivity index (χ0v) is 12.4. The number of halogens is 1. The fraction of sp³-hybridized carbons (Fsp3) is 0.357. The quantitative estimate of drug-likeness (QED) is 0.558. The number of imidazole rings is 1. The summed E-state index contributed by atoms with van der Waals surface area (Å²) in [5, 5.41) is 0. The van der Waals surface area contributed by atoms with Gasteiger partial charge in [-0.05, 0) is 66.1 Å². The molecule has 3 nitrogen and oxygen atoms in total. The molecule has 0 spiro atoms. The van der Waals surface area contributed by atoms with E-state index in [1.807, 2.05) is 30.9 Å². The number of hydrogen-bond acceptors (Lipinski definition) is 2. The van der Waals surface area contributed by atoms with E-state index in [4.69, 9.17) is 4.74 Å². The van der Waals surface area contributed by atoms with E-state index in [1.165, 1.54) is 16.4 Å². The molecule has 0 aliphatic heterocycles. The minimum Gasteiger partial charge on any atom is -0.494 e.